The Morgan fingerprint density at radius 3 is 2.58 bits per heavy atom. The van der Waals surface area contributed by atoms with Crippen LogP contribution in [0.1, 0.15) is 22.2 Å². The third kappa shape index (κ3) is 3.58. The van der Waals surface area contributed by atoms with E-state index in [1.54, 1.807) is 0 Å². The van der Waals surface area contributed by atoms with Gasteiger partial charge in [0.15, 0.2) is 0 Å². The van der Waals surface area contributed by atoms with Gasteiger partial charge in [-0.1, -0.05) is 0 Å². The molecule has 2 aromatic rings. The average Bonchev–Trinajstić information content (AvgIpc) is 2.72. The van der Waals surface area contributed by atoms with E-state index >= 15 is 0 Å². The lowest BCUT2D eigenvalue weighted by molar-refractivity contribution is 0.103. The van der Waals surface area contributed by atoms with Crippen molar-refractivity contribution in [3.8, 4) is 5.75 Å². The zero-order chi connectivity index (χ0) is 13.8. The van der Waals surface area contributed by atoms with Crippen LogP contribution in [0.2, 0.25) is 0 Å². The molecule has 1 heterocycles. The van der Waals surface area contributed by atoms with Crippen LogP contribution in [0.3, 0.4) is 0 Å². The zero-order valence-electron chi connectivity index (χ0n) is 10.7. The third-order valence-corrected chi connectivity index (χ3v) is 4.64. The molecule has 19 heavy (non-hydrogen) atoms. The number of amides is 1. The number of rotatable bonds is 4. The highest BCUT2D eigenvalue weighted by Gasteiger charge is 2.11. The van der Waals surface area contributed by atoms with Crippen molar-refractivity contribution in [2.45, 2.75) is 13.8 Å². The molecule has 0 spiro atoms. The molecular formula is C14H14BrNO2S. The summed E-state index contributed by atoms with van der Waals surface area (Å²) in [5, 5.41) is 2.86. The molecule has 1 aromatic carbocycles. The molecule has 0 atom stereocenters. The molecular weight excluding hydrogens is 326 g/mol. The average molecular weight is 340 g/mol. The number of aryl methyl sites for hydroxylation is 1. The van der Waals surface area contributed by atoms with Gasteiger partial charge in [0, 0.05) is 5.69 Å². The van der Waals surface area contributed by atoms with Gasteiger partial charge in [-0.2, -0.15) is 0 Å². The summed E-state index contributed by atoms with van der Waals surface area (Å²) in [5.41, 5.74) is 1.83. The number of hydrogen-bond donors (Lipinski definition) is 1. The summed E-state index contributed by atoms with van der Waals surface area (Å²) in [4.78, 5) is 12.7. The molecule has 0 radical (unpaired) electrons. The predicted octanol–water partition coefficient (Wildman–Crippen LogP) is 4.47. The van der Waals surface area contributed by atoms with Crippen LogP contribution in [0.25, 0.3) is 0 Å². The van der Waals surface area contributed by atoms with Gasteiger partial charge in [0.25, 0.3) is 5.91 Å². The van der Waals surface area contributed by atoms with Gasteiger partial charge in [-0.05, 0) is 65.7 Å². The largest absolute Gasteiger partial charge is 0.494 e. The first-order valence-electron chi connectivity index (χ1n) is 5.90. The van der Waals surface area contributed by atoms with E-state index in [2.05, 4.69) is 21.2 Å². The van der Waals surface area contributed by atoms with E-state index in [0.29, 0.717) is 11.5 Å². The van der Waals surface area contributed by atoms with Gasteiger partial charge in [-0.15, -0.1) is 11.3 Å². The van der Waals surface area contributed by atoms with E-state index in [-0.39, 0.29) is 5.91 Å². The van der Waals surface area contributed by atoms with Gasteiger partial charge in [-0.25, -0.2) is 0 Å². The summed E-state index contributed by atoms with van der Waals surface area (Å²) >= 11 is 4.85. The topological polar surface area (TPSA) is 38.3 Å². The Hall–Kier alpha value is -1.33. The van der Waals surface area contributed by atoms with E-state index in [1.165, 1.54) is 11.3 Å². The smallest absolute Gasteiger partial charge is 0.265 e. The number of thiophene rings is 1. The van der Waals surface area contributed by atoms with Gasteiger partial charge in [0.2, 0.25) is 0 Å². The molecule has 0 aliphatic rings. The molecule has 2 rings (SSSR count). The number of hydrogen-bond acceptors (Lipinski definition) is 3. The Kier molecular flexibility index (Phi) is 4.61. The Balaban J connectivity index is 2.06. The van der Waals surface area contributed by atoms with Crippen molar-refractivity contribution in [3.05, 3.63) is 44.6 Å². The van der Waals surface area contributed by atoms with E-state index in [9.17, 15) is 4.79 Å². The van der Waals surface area contributed by atoms with Crippen molar-refractivity contribution in [2.24, 2.45) is 0 Å². The van der Waals surface area contributed by atoms with Gasteiger partial charge in [0.1, 0.15) is 5.75 Å². The first kappa shape index (κ1) is 14.1. The van der Waals surface area contributed by atoms with E-state index in [0.717, 1.165) is 20.8 Å². The fourth-order valence-electron chi connectivity index (χ4n) is 1.57. The summed E-state index contributed by atoms with van der Waals surface area (Å²) in [6.07, 6.45) is 0. The molecule has 0 aliphatic heterocycles. The molecule has 0 bridgehead atoms. The second-order valence-electron chi connectivity index (χ2n) is 3.98. The minimum atomic E-state index is -0.0945. The quantitative estimate of drug-likeness (QED) is 0.892. The summed E-state index contributed by atoms with van der Waals surface area (Å²) in [5.74, 6) is 0.707. The Bertz CT molecular complexity index is 558. The van der Waals surface area contributed by atoms with Gasteiger partial charge < -0.3 is 10.1 Å². The molecule has 1 aromatic heterocycles. The van der Waals surface area contributed by atoms with Gasteiger partial charge in [-0.3, -0.25) is 4.79 Å². The lowest BCUT2D eigenvalue weighted by atomic mass is 10.3. The zero-order valence-corrected chi connectivity index (χ0v) is 13.1. The lowest BCUT2D eigenvalue weighted by Gasteiger charge is -2.06. The minimum absolute atomic E-state index is 0.0945. The number of benzene rings is 1. The van der Waals surface area contributed by atoms with E-state index in [4.69, 9.17) is 4.74 Å². The van der Waals surface area contributed by atoms with Crippen LogP contribution in [0, 0.1) is 6.92 Å². The summed E-state index contributed by atoms with van der Waals surface area (Å²) in [7, 11) is 0. The highest BCUT2D eigenvalue weighted by molar-refractivity contribution is 9.11. The van der Waals surface area contributed by atoms with Crippen LogP contribution in [0.4, 0.5) is 5.69 Å². The molecule has 0 saturated carbocycles. The third-order valence-electron chi connectivity index (χ3n) is 2.50. The summed E-state index contributed by atoms with van der Waals surface area (Å²) < 4.78 is 6.34. The molecule has 0 aliphatic carbocycles. The number of halogens is 1. The summed E-state index contributed by atoms with van der Waals surface area (Å²) in [6.45, 7) is 4.54. The van der Waals surface area contributed by atoms with Crippen LogP contribution < -0.4 is 10.1 Å². The first-order valence-corrected chi connectivity index (χ1v) is 7.51. The standard InChI is InChI=1S/C14H14BrNO2S/c1-3-18-11-6-4-10(5-7-11)16-14(17)12-8-9(2)13(15)19-12/h4-8H,3H2,1-2H3,(H,16,17). The molecule has 0 saturated heterocycles. The van der Waals surface area contributed by atoms with Gasteiger partial charge in [0.05, 0.1) is 15.3 Å². The second-order valence-corrected chi connectivity index (χ2v) is 6.35. The molecule has 0 fully saturated rings. The maximum Gasteiger partial charge on any atom is 0.265 e. The van der Waals surface area contributed by atoms with Crippen molar-refractivity contribution >= 4 is 38.9 Å². The number of ether oxygens (including phenoxy) is 1. The number of carbonyl (C=O) groups is 1. The first-order chi connectivity index (χ1) is 9.10. The Morgan fingerprint density at radius 1 is 1.37 bits per heavy atom. The second kappa shape index (κ2) is 6.21. The lowest BCUT2D eigenvalue weighted by Crippen LogP contribution is -2.09. The normalized spacial score (nSPS) is 10.3. The van der Waals surface area contributed by atoms with Crippen LogP contribution >= 0.6 is 27.3 Å². The highest BCUT2D eigenvalue weighted by atomic mass is 79.9. The maximum atomic E-state index is 12.0. The molecule has 0 unspecified atom stereocenters. The number of anilines is 1. The van der Waals surface area contributed by atoms with E-state index < -0.39 is 0 Å². The minimum Gasteiger partial charge on any atom is -0.494 e. The Morgan fingerprint density at radius 2 is 2.05 bits per heavy atom. The molecule has 1 amide bonds. The van der Waals surface area contributed by atoms with Crippen molar-refractivity contribution in [2.75, 3.05) is 11.9 Å². The number of carbonyl (C=O) groups excluding carboxylic acids is 1. The van der Waals surface area contributed by atoms with Crippen LogP contribution in [0.15, 0.2) is 34.1 Å². The molecule has 3 nitrogen and oxygen atoms in total. The fourth-order valence-corrected chi connectivity index (χ4v) is 3.00. The molecule has 1 N–H and O–H groups in total. The molecule has 5 heteroatoms. The van der Waals surface area contributed by atoms with E-state index in [1.807, 2.05) is 44.2 Å². The molecule has 100 valence electrons. The highest BCUT2D eigenvalue weighted by Crippen LogP contribution is 2.28. The van der Waals surface area contributed by atoms with Crippen LogP contribution in [0.5, 0.6) is 5.75 Å². The fraction of sp³-hybridized carbons (Fsp3) is 0.214. The monoisotopic (exact) mass is 339 g/mol. The van der Waals surface area contributed by atoms with Crippen molar-refractivity contribution in [3.63, 3.8) is 0 Å². The van der Waals surface area contributed by atoms with Crippen LogP contribution in [-0.4, -0.2) is 12.5 Å². The van der Waals surface area contributed by atoms with Crippen molar-refractivity contribution in [1.29, 1.82) is 0 Å². The van der Waals surface area contributed by atoms with Crippen LogP contribution in [-0.2, 0) is 0 Å². The predicted molar refractivity (Wildman–Crippen MR) is 82.3 cm³/mol. The van der Waals surface area contributed by atoms with Crippen molar-refractivity contribution in [1.82, 2.24) is 0 Å². The SMILES string of the molecule is CCOc1ccc(NC(=O)c2cc(C)c(Br)s2)cc1. The maximum absolute atomic E-state index is 12.0. The van der Waals surface area contributed by atoms with Gasteiger partial charge >= 0.3 is 0 Å². The van der Waals surface area contributed by atoms with Crippen molar-refractivity contribution < 1.29 is 9.53 Å². The summed E-state index contributed by atoms with van der Waals surface area (Å²) in [6, 6.07) is 9.22. The number of nitrogens with one attached hydrogen (secondary N) is 1. The Labute approximate surface area is 124 Å².